The molecule has 0 amide bonds. The van der Waals surface area contributed by atoms with E-state index in [-0.39, 0.29) is 11.2 Å². The van der Waals surface area contributed by atoms with Crippen LogP contribution in [0.2, 0.25) is 0 Å². The van der Waals surface area contributed by atoms with Gasteiger partial charge in [0, 0.05) is 50.0 Å². The highest BCUT2D eigenvalue weighted by Crippen LogP contribution is 2.34. The van der Waals surface area contributed by atoms with E-state index in [4.69, 9.17) is 21.9 Å². The van der Waals surface area contributed by atoms with Gasteiger partial charge in [-0.3, -0.25) is 0 Å². The third kappa shape index (κ3) is 5.98. The normalized spacial score (nSPS) is 22.6. The summed E-state index contributed by atoms with van der Waals surface area (Å²) in [6.45, 7) is 10.6. The number of ether oxygens (including phenoxy) is 1. The van der Waals surface area contributed by atoms with Crippen LogP contribution in [0.1, 0.15) is 44.4 Å². The van der Waals surface area contributed by atoms with E-state index < -0.39 is 0 Å². The number of aryl methyl sites for hydroxylation is 1. The Kier molecular flexibility index (Phi) is 7.44. The van der Waals surface area contributed by atoms with Crippen LogP contribution in [0.25, 0.3) is 0 Å². The number of aromatic nitrogens is 2. The summed E-state index contributed by atoms with van der Waals surface area (Å²) in [5.41, 5.74) is 1.85. The molecule has 4 rings (SSSR count). The lowest BCUT2D eigenvalue weighted by molar-refractivity contribution is 0.0515. The number of anilines is 2. The summed E-state index contributed by atoms with van der Waals surface area (Å²) >= 11 is 5.60. The summed E-state index contributed by atoms with van der Waals surface area (Å²) < 4.78 is 19.1. The molecule has 8 heteroatoms. The average Bonchev–Trinajstić information content (AvgIpc) is 2.78. The van der Waals surface area contributed by atoms with Gasteiger partial charge in [-0.15, -0.1) is 0 Å². The standard InChI is InChI=1S/C25H34FN5OS/c1-17-12-18(2)15-31(14-17)22-13-19(3)28-23(29-22)30-24(33)27-16-25(8-10-32-11-9-25)20-4-6-21(26)7-5-20/h4-7,13,17-18H,8-12,14-16H2,1-3H3,(H2,27,28,29,30,33)/t17-,18-/m0/s1. The molecule has 2 N–H and O–H groups in total. The number of benzene rings is 1. The predicted octanol–water partition coefficient (Wildman–Crippen LogP) is 4.44. The quantitative estimate of drug-likeness (QED) is 0.625. The fourth-order valence-electron chi connectivity index (χ4n) is 5.15. The van der Waals surface area contributed by atoms with E-state index in [1.165, 1.54) is 18.6 Å². The van der Waals surface area contributed by atoms with Crippen molar-refractivity contribution in [2.24, 2.45) is 11.8 Å². The van der Waals surface area contributed by atoms with E-state index >= 15 is 0 Å². The van der Waals surface area contributed by atoms with Gasteiger partial charge in [0.2, 0.25) is 5.95 Å². The Bertz CT molecular complexity index is 954. The second-order valence-electron chi connectivity index (χ2n) is 9.75. The van der Waals surface area contributed by atoms with Crippen LogP contribution in [0.4, 0.5) is 16.2 Å². The molecule has 2 aromatic rings. The van der Waals surface area contributed by atoms with E-state index in [9.17, 15) is 4.39 Å². The fraction of sp³-hybridized carbons (Fsp3) is 0.560. The number of thiocarbonyl (C=S) groups is 1. The maximum Gasteiger partial charge on any atom is 0.231 e. The molecule has 0 bridgehead atoms. The molecule has 0 radical (unpaired) electrons. The van der Waals surface area contributed by atoms with Crippen molar-refractivity contribution in [3.8, 4) is 0 Å². The van der Waals surface area contributed by atoms with Crippen molar-refractivity contribution in [2.45, 2.75) is 45.4 Å². The highest BCUT2D eigenvalue weighted by atomic mass is 32.1. The summed E-state index contributed by atoms with van der Waals surface area (Å²) in [6.07, 6.45) is 2.95. The molecule has 0 aliphatic carbocycles. The van der Waals surface area contributed by atoms with Gasteiger partial charge >= 0.3 is 0 Å². The van der Waals surface area contributed by atoms with Crippen LogP contribution < -0.4 is 15.5 Å². The molecule has 2 fully saturated rings. The number of halogens is 1. The lowest BCUT2D eigenvalue weighted by Crippen LogP contribution is -2.45. The Morgan fingerprint density at radius 1 is 1.15 bits per heavy atom. The van der Waals surface area contributed by atoms with Gasteiger partial charge in [-0.25, -0.2) is 9.37 Å². The van der Waals surface area contributed by atoms with E-state index in [0.717, 1.165) is 43.0 Å². The van der Waals surface area contributed by atoms with Gasteiger partial charge in [-0.2, -0.15) is 4.98 Å². The van der Waals surface area contributed by atoms with Gasteiger partial charge in [-0.1, -0.05) is 26.0 Å². The van der Waals surface area contributed by atoms with Crippen LogP contribution in [-0.4, -0.2) is 47.9 Å². The smallest absolute Gasteiger partial charge is 0.231 e. The maximum atomic E-state index is 13.5. The second-order valence-corrected chi connectivity index (χ2v) is 10.2. The molecule has 1 aromatic carbocycles. The minimum atomic E-state index is -0.226. The van der Waals surface area contributed by atoms with Crippen molar-refractivity contribution in [1.82, 2.24) is 15.3 Å². The maximum absolute atomic E-state index is 13.5. The summed E-state index contributed by atoms with van der Waals surface area (Å²) in [6, 6.07) is 8.82. The van der Waals surface area contributed by atoms with Gasteiger partial charge in [-0.05, 0) is 67.9 Å². The Labute approximate surface area is 201 Å². The summed E-state index contributed by atoms with van der Waals surface area (Å²) in [5, 5.41) is 7.03. The van der Waals surface area contributed by atoms with Gasteiger partial charge in [0.15, 0.2) is 5.11 Å². The zero-order chi connectivity index (χ0) is 23.4. The zero-order valence-electron chi connectivity index (χ0n) is 19.7. The molecule has 0 spiro atoms. The highest BCUT2D eigenvalue weighted by molar-refractivity contribution is 7.80. The number of nitrogens with zero attached hydrogens (tertiary/aromatic N) is 3. The Morgan fingerprint density at radius 2 is 1.82 bits per heavy atom. The van der Waals surface area contributed by atoms with Crippen LogP contribution in [-0.2, 0) is 10.2 Å². The van der Waals surface area contributed by atoms with Crippen molar-refractivity contribution >= 4 is 29.1 Å². The molecule has 178 valence electrons. The molecule has 6 nitrogen and oxygen atoms in total. The van der Waals surface area contributed by atoms with Crippen molar-refractivity contribution in [3.63, 3.8) is 0 Å². The van der Waals surface area contributed by atoms with Crippen molar-refractivity contribution in [3.05, 3.63) is 47.4 Å². The monoisotopic (exact) mass is 471 g/mol. The zero-order valence-corrected chi connectivity index (χ0v) is 20.6. The minimum Gasteiger partial charge on any atom is -0.381 e. The van der Waals surface area contributed by atoms with E-state index in [1.807, 2.05) is 25.1 Å². The number of hydrogen-bond acceptors (Lipinski definition) is 5. The average molecular weight is 472 g/mol. The third-order valence-corrected chi connectivity index (χ3v) is 7.00. The lowest BCUT2D eigenvalue weighted by atomic mass is 9.74. The molecule has 2 aliphatic heterocycles. The summed E-state index contributed by atoms with van der Waals surface area (Å²) in [4.78, 5) is 11.7. The molecule has 2 aliphatic rings. The largest absolute Gasteiger partial charge is 0.381 e. The van der Waals surface area contributed by atoms with Crippen LogP contribution >= 0.6 is 12.2 Å². The molecular formula is C25H34FN5OS. The number of nitrogens with one attached hydrogen (secondary N) is 2. The summed E-state index contributed by atoms with van der Waals surface area (Å²) in [5.74, 6) is 2.51. The summed E-state index contributed by atoms with van der Waals surface area (Å²) in [7, 11) is 0. The van der Waals surface area contributed by atoms with Crippen LogP contribution in [0.15, 0.2) is 30.3 Å². The molecule has 2 saturated heterocycles. The van der Waals surface area contributed by atoms with E-state index in [0.29, 0.717) is 42.7 Å². The first-order valence-electron chi connectivity index (χ1n) is 11.8. The molecule has 1 aromatic heterocycles. The molecule has 33 heavy (non-hydrogen) atoms. The topological polar surface area (TPSA) is 62.3 Å². The van der Waals surface area contributed by atoms with E-state index in [1.54, 1.807) is 0 Å². The molecule has 0 saturated carbocycles. The first-order valence-corrected chi connectivity index (χ1v) is 12.2. The molecule has 3 heterocycles. The number of piperidine rings is 1. The Hall–Kier alpha value is -2.32. The van der Waals surface area contributed by atoms with Crippen LogP contribution in [0.5, 0.6) is 0 Å². The predicted molar refractivity (Wildman–Crippen MR) is 134 cm³/mol. The van der Waals surface area contributed by atoms with Crippen molar-refractivity contribution in [2.75, 3.05) is 43.1 Å². The van der Waals surface area contributed by atoms with Gasteiger partial charge in [0.1, 0.15) is 11.6 Å². The van der Waals surface area contributed by atoms with Crippen LogP contribution in [0, 0.1) is 24.6 Å². The van der Waals surface area contributed by atoms with Crippen molar-refractivity contribution < 1.29 is 9.13 Å². The SMILES string of the molecule is Cc1cc(N2C[C@@H](C)C[C@H](C)C2)nc(NC(=S)NCC2(c3ccc(F)cc3)CCOCC2)n1. The van der Waals surface area contributed by atoms with Gasteiger partial charge in [0.05, 0.1) is 0 Å². The Morgan fingerprint density at radius 3 is 2.48 bits per heavy atom. The first kappa shape index (κ1) is 23.8. The second kappa shape index (κ2) is 10.3. The number of hydrogen-bond donors (Lipinski definition) is 2. The van der Waals surface area contributed by atoms with Crippen LogP contribution in [0.3, 0.4) is 0 Å². The van der Waals surface area contributed by atoms with Gasteiger partial charge in [0.25, 0.3) is 0 Å². The minimum absolute atomic E-state index is 0.156. The highest BCUT2D eigenvalue weighted by Gasteiger charge is 2.34. The molecule has 2 atom stereocenters. The Balaban J connectivity index is 1.43. The van der Waals surface area contributed by atoms with Crippen molar-refractivity contribution in [1.29, 1.82) is 0 Å². The van der Waals surface area contributed by atoms with Gasteiger partial charge < -0.3 is 20.3 Å². The third-order valence-electron chi connectivity index (χ3n) is 6.75. The van der Waals surface area contributed by atoms with E-state index in [2.05, 4.69) is 34.4 Å². The lowest BCUT2D eigenvalue weighted by Gasteiger charge is -2.38. The first-order chi connectivity index (χ1) is 15.8. The molecular weight excluding hydrogens is 437 g/mol. The number of rotatable bonds is 5. The fourth-order valence-corrected chi connectivity index (χ4v) is 5.31. The molecule has 0 unspecified atom stereocenters.